The van der Waals surface area contributed by atoms with Crippen molar-refractivity contribution in [1.82, 2.24) is 4.98 Å². The zero-order chi connectivity index (χ0) is 19.1. The average molecular weight is 374 g/mol. The number of nitrogens with one attached hydrogen (secondary N) is 1. The predicted octanol–water partition coefficient (Wildman–Crippen LogP) is 4.80. The maximum Gasteiger partial charge on any atom is 0.224 e. The Bertz CT molecular complexity index is 1080. The van der Waals surface area contributed by atoms with Gasteiger partial charge in [-0.05, 0) is 67.5 Å². The Kier molecular flexibility index (Phi) is 4.23. The summed E-state index contributed by atoms with van der Waals surface area (Å²) in [5.41, 5.74) is 5.52. The third kappa shape index (κ3) is 3.44. The molecule has 0 aliphatic heterocycles. The van der Waals surface area contributed by atoms with Gasteiger partial charge in [-0.1, -0.05) is 12.1 Å². The molecule has 1 N–H and O–H groups in total. The molecule has 0 saturated heterocycles. The van der Waals surface area contributed by atoms with Gasteiger partial charge in [0.05, 0.1) is 0 Å². The number of anilines is 1. The minimum absolute atomic E-state index is 0.0193. The molecule has 1 saturated carbocycles. The minimum Gasteiger partial charge on any atom is -0.440 e. The number of Topliss-reactive ketones (excluding diaryl/α,β-unsaturated/α-hetero) is 1. The fourth-order valence-electron chi connectivity index (χ4n) is 3.87. The van der Waals surface area contributed by atoms with Gasteiger partial charge in [0.1, 0.15) is 5.52 Å². The lowest BCUT2D eigenvalue weighted by atomic mass is 10.0. The summed E-state index contributed by atoms with van der Waals surface area (Å²) < 4.78 is 5.74. The number of rotatable bonds is 6. The van der Waals surface area contributed by atoms with E-state index in [0.29, 0.717) is 17.2 Å². The summed E-state index contributed by atoms with van der Waals surface area (Å²) in [5.74, 6) is 1.10. The van der Waals surface area contributed by atoms with E-state index in [-0.39, 0.29) is 24.5 Å². The van der Waals surface area contributed by atoms with E-state index in [9.17, 15) is 9.59 Å². The average Bonchev–Trinajstić information content (AvgIpc) is 3.29. The fraction of sp³-hybridized carbons (Fsp3) is 0.348. The monoisotopic (exact) mass is 374 g/mol. The molecule has 5 nitrogen and oxygen atoms in total. The van der Waals surface area contributed by atoms with Crippen molar-refractivity contribution >= 4 is 28.5 Å². The van der Waals surface area contributed by atoms with Crippen molar-refractivity contribution in [3.8, 4) is 0 Å². The molecule has 0 spiro atoms. The van der Waals surface area contributed by atoms with Crippen LogP contribution in [0.1, 0.15) is 65.4 Å². The van der Waals surface area contributed by atoms with Crippen LogP contribution >= 0.6 is 0 Å². The number of nitrogens with zero attached hydrogens (tertiary/aromatic N) is 1. The second-order valence-corrected chi connectivity index (χ2v) is 7.82. The van der Waals surface area contributed by atoms with Crippen LogP contribution in [0.5, 0.6) is 0 Å². The van der Waals surface area contributed by atoms with Gasteiger partial charge in [0.15, 0.2) is 17.3 Å². The van der Waals surface area contributed by atoms with E-state index in [0.717, 1.165) is 49.1 Å². The molecule has 3 aromatic rings. The minimum atomic E-state index is -0.167. The van der Waals surface area contributed by atoms with E-state index in [1.165, 1.54) is 11.1 Å². The quantitative estimate of drug-likeness (QED) is 0.629. The van der Waals surface area contributed by atoms with Crippen LogP contribution < -0.4 is 5.32 Å². The molecule has 28 heavy (non-hydrogen) atoms. The van der Waals surface area contributed by atoms with Crippen molar-refractivity contribution in [2.45, 2.75) is 50.9 Å². The van der Waals surface area contributed by atoms with Crippen molar-refractivity contribution in [3.05, 3.63) is 59.0 Å². The summed E-state index contributed by atoms with van der Waals surface area (Å²) >= 11 is 0. The van der Waals surface area contributed by atoms with E-state index >= 15 is 0 Å². The number of hydrogen-bond donors (Lipinski definition) is 1. The zero-order valence-corrected chi connectivity index (χ0v) is 15.7. The van der Waals surface area contributed by atoms with Gasteiger partial charge in [-0.3, -0.25) is 9.59 Å². The topological polar surface area (TPSA) is 72.2 Å². The molecule has 5 heteroatoms. The Labute approximate surface area is 163 Å². The smallest absolute Gasteiger partial charge is 0.224 e. The van der Waals surface area contributed by atoms with Crippen molar-refractivity contribution < 1.29 is 14.0 Å². The number of ketones is 1. The molecule has 5 rings (SSSR count). The summed E-state index contributed by atoms with van der Waals surface area (Å²) in [6.07, 6.45) is 5.95. The second-order valence-electron chi connectivity index (χ2n) is 7.82. The van der Waals surface area contributed by atoms with Crippen LogP contribution in [0, 0.1) is 0 Å². The first kappa shape index (κ1) is 17.2. The van der Waals surface area contributed by atoms with Gasteiger partial charge in [0.2, 0.25) is 5.91 Å². The SMILES string of the molecule is O=C(CCC(=O)c1ccc2c(c1)CCC2)Nc1ccc2oc(C3CC3)nc2c1. The van der Waals surface area contributed by atoms with Crippen molar-refractivity contribution in [2.24, 2.45) is 0 Å². The van der Waals surface area contributed by atoms with Crippen LogP contribution in [0.4, 0.5) is 5.69 Å². The molecular weight excluding hydrogens is 352 g/mol. The lowest BCUT2D eigenvalue weighted by Gasteiger charge is -2.06. The van der Waals surface area contributed by atoms with Crippen molar-refractivity contribution in [2.75, 3.05) is 5.32 Å². The molecule has 0 radical (unpaired) electrons. The number of fused-ring (bicyclic) bond motifs is 2. The highest BCUT2D eigenvalue weighted by atomic mass is 16.3. The third-order valence-electron chi connectivity index (χ3n) is 5.61. The van der Waals surface area contributed by atoms with Gasteiger partial charge in [0, 0.05) is 30.0 Å². The summed E-state index contributed by atoms with van der Waals surface area (Å²) in [7, 11) is 0. The number of carbonyl (C=O) groups is 2. The fourth-order valence-corrected chi connectivity index (χ4v) is 3.87. The maximum atomic E-state index is 12.4. The van der Waals surface area contributed by atoms with Crippen LogP contribution in [0.2, 0.25) is 0 Å². The van der Waals surface area contributed by atoms with Crippen LogP contribution in [-0.4, -0.2) is 16.7 Å². The number of carbonyl (C=O) groups excluding carboxylic acids is 2. The summed E-state index contributed by atoms with van der Waals surface area (Å²) in [5, 5.41) is 2.86. The van der Waals surface area contributed by atoms with Gasteiger partial charge in [0.25, 0.3) is 0 Å². The molecule has 0 unspecified atom stereocenters. The zero-order valence-electron chi connectivity index (χ0n) is 15.7. The van der Waals surface area contributed by atoms with Gasteiger partial charge in [-0.2, -0.15) is 0 Å². The van der Waals surface area contributed by atoms with Crippen LogP contribution in [-0.2, 0) is 17.6 Å². The standard InChI is InChI=1S/C23H22N2O3/c26-20(17-7-4-14-2-1-3-16(14)12-17)9-11-22(27)24-18-8-10-21-19(13-18)25-23(28-21)15-5-6-15/h4,7-8,10,12-13,15H,1-3,5-6,9,11H2,(H,24,27). The Morgan fingerprint density at radius 2 is 1.89 bits per heavy atom. The Balaban J connectivity index is 1.20. The van der Waals surface area contributed by atoms with Gasteiger partial charge >= 0.3 is 0 Å². The molecule has 0 atom stereocenters. The van der Waals surface area contributed by atoms with Crippen LogP contribution in [0.3, 0.4) is 0 Å². The van der Waals surface area contributed by atoms with Gasteiger partial charge in [-0.15, -0.1) is 0 Å². The number of oxazole rings is 1. The number of benzene rings is 2. The predicted molar refractivity (Wildman–Crippen MR) is 107 cm³/mol. The number of aromatic nitrogens is 1. The second kappa shape index (κ2) is 6.89. The van der Waals surface area contributed by atoms with Crippen molar-refractivity contribution in [1.29, 1.82) is 0 Å². The van der Waals surface area contributed by atoms with E-state index in [1.807, 2.05) is 30.3 Å². The molecule has 2 aromatic carbocycles. The number of aryl methyl sites for hydroxylation is 2. The first-order valence-corrected chi connectivity index (χ1v) is 10.0. The molecule has 1 amide bonds. The molecule has 0 bridgehead atoms. The van der Waals surface area contributed by atoms with E-state index in [2.05, 4.69) is 16.4 Å². The normalized spacial score (nSPS) is 15.6. The highest BCUT2D eigenvalue weighted by molar-refractivity contribution is 6.00. The molecule has 1 heterocycles. The molecular formula is C23H22N2O3. The third-order valence-corrected chi connectivity index (χ3v) is 5.61. The Morgan fingerprint density at radius 1 is 1.04 bits per heavy atom. The number of amides is 1. The summed E-state index contributed by atoms with van der Waals surface area (Å²) in [6, 6.07) is 11.4. The maximum absolute atomic E-state index is 12.4. The van der Waals surface area contributed by atoms with Crippen LogP contribution in [0.25, 0.3) is 11.1 Å². The summed E-state index contributed by atoms with van der Waals surface area (Å²) in [6.45, 7) is 0. The lowest BCUT2D eigenvalue weighted by Crippen LogP contribution is -2.13. The lowest BCUT2D eigenvalue weighted by molar-refractivity contribution is -0.116. The first-order valence-electron chi connectivity index (χ1n) is 10.0. The first-order chi connectivity index (χ1) is 13.7. The van der Waals surface area contributed by atoms with Gasteiger partial charge < -0.3 is 9.73 Å². The Hall–Kier alpha value is -2.95. The number of hydrogen-bond acceptors (Lipinski definition) is 4. The highest BCUT2D eigenvalue weighted by Gasteiger charge is 2.28. The van der Waals surface area contributed by atoms with Gasteiger partial charge in [-0.25, -0.2) is 4.98 Å². The molecule has 2 aliphatic rings. The Morgan fingerprint density at radius 3 is 2.75 bits per heavy atom. The summed E-state index contributed by atoms with van der Waals surface area (Å²) in [4.78, 5) is 29.2. The molecule has 1 fully saturated rings. The highest BCUT2D eigenvalue weighted by Crippen LogP contribution is 2.40. The van der Waals surface area contributed by atoms with Crippen LogP contribution in [0.15, 0.2) is 40.8 Å². The molecule has 1 aromatic heterocycles. The largest absolute Gasteiger partial charge is 0.440 e. The van der Waals surface area contributed by atoms with E-state index < -0.39 is 0 Å². The van der Waals surface area contributed by atoms with E-state index in [4.69, 9.17) is 4.42 Å². The van der Waals surface area contributed by atoms with E-state index in [1.54, 1.807) is 0 Å². The van der Waals surface area contributed by atoms with Crippen molar-refractivity contribution in [3.63, 3.8) is 0 Å². The molecule has 2 aliphatic carbocycles. The molecule has 142 valence electrons.